The Morgan fingerprint density at radius 1 is 1.06 bits per heavy atom. The average molecular weight is 515 g/mol. The Bertz CT molecular complexity index is 1100. The molecule has 1 fully saturated rings. The van der Waals surface area contributed by atoms with Gasteiger partial charge in [-0.1, -0.05) is 72.5 Å². The van der Waals surface area contributed by atoms with Crippen molar-refractivity contribution in [1.29, 1.82) is 0 Å². The Morgan fingerprint density at radius 2 is 1.85 bits per heavy atom. The molecular formula is C25H27ClN4O2S2. The van der Waals surface area contributed by atoms with Crippen LogP contribution in [0.15, 0.2) is 59.5 Å². The summed E-state index contributed by atoms with van der Waals surface area (Å²) in [6.45, 7) is 0.407. The maximum absolute atomic E-state index is 13.1. The van der Waals surface area contributed by atoms with Gasteiger partial charge in [-0.15, -0.1) is 22.0 Å². The second kappa shape index (κ2) is 12.3. The quantitative estimate of drug-likeness (QED) is 0.347. The number of carbonyl (C=O) groups excluding carboxylic acids is 2. The maximum Gasteiger partial charge on any atom is 0.233 e. The molecule has 0 atom stereocenters. The first-order valence-electron chi connectivity index (χ1n) is 11.4. The van der Waals surface area contributed by atoms with Crippen molar-refractivity contribution < 1.29 is 9.59 Å². The maximum atomic E-state index is 13.1. The minimum atomic E-state index is -0.168. The second-order valence-corrected chi connectivity index (χ2v) is 10.7. The molecule has 1 aliphatic rings. The van der Waals surface area contributed by atoms with E-state index in [-0.39, 0.29) is 24.3 Å². The molecule has 1 saturated carbocycles. The van der Waals surface area contributed by atoms with Gasteiger partial charge in [0, 0.05) is 34.5 Å². The van der Waals surface area contributed by atoms with Gasteiger partial charge in [-0.25, -0.2) is 0 Å². The zero-order valence-corrected chi connectivity index (χ0v) is 21.2. The van der Waals surface area contributed by atoms with E-state index in [2.05, 4.69) is 15.5 Å². The summed E-state index contributed by atoms with van der Waals surface area (Å²) in [4.78, 5) is 28.8. The number of aromatic nitrogens is 2. The van der Waals surface area contributed by atoms with Crippen LogP contribution < -0.4 is 5.32 Å². The van der Waals surface area contributed by atoms with E-state index in [0.29, 0.717) is 27.5 Å². The number of rotatable bonds is 9. The highest BCUT2D eigenvalue weighted by Crippen LogP contribution is 2.28. The first kappa shape index (κ1) is 24.7. The topological polar surface area (TPSA) is 75.2 Å². The fourth-order valence-corrected chi connectivity index (χ4v) is 5.82. The summed E-state index contributed by atoms with van der Waals surface area (Å²) in [5, 5.41) is 12.8. The standard InChI is InChI=1S/C25H27ClN4O2S2/c26-19-9-7-8-18(16-19)24-28-29-25(34-24)27-22(31)14-15-30(20-10-3-1-4-11-20)23(32)17-33-21-12-5-2-6-13-21/h2,5-9,12-13,16,20H,1,3-4,10-11,14-15,17H2,(H,27,29,31). The van der Waals surface area contributed by atoms with Crippen LogP contribution in [-0.4, -0.2) is 45.3 Å². The lowest BCUT2D eigenvalue weighted by Crippen LogP contribution is -2.43. The molecule has 0 unspecified atom stereocenters. The lowest BCUT2D eigenvalue weighted by atomic mass is 9.94. The van der Waals surface area contributed by atoms with Gasteiger partial charge in [-0.05, 0) is 37.1 Å². The zero-order valence-electron chi connectivity index (χ0n) is 18.8. The van der Waals surface area contributed by atoms with Gasteiger partial charge >= 0.3 is 0 Å². The largest absolute Gasteiger partial charge is 0.338 e. The van der Waals surface area contributed by atoms with Gasteiger partial charge < -0.3 is 10.2 Å². The molecule has 0 spiro atoms. The molecule has 3 aromatic rings. The highest BCUT2D eigenvalue weighted by atomic mass is 35.5. The van der Waals surface area contributed by atoms with Crippen LogP contribution in [0.3, 0.4) is 0 Å². The number of hydrogen-bond acceptors (Lipinski definition) is 6. The molecule has 0 saturated heterocycles. The van der Waals surface area contributed by atoms with Crippen molar-refractivity contribution in [3.05, 3.63) is 59.6 Å². The Morgan fingerprint density at radius 3 is 2.62 bits per heavy atom. The molecular weight excluding hydrogens is 488 g/mol. The number of amides is 2. The van der Waals surface area contributed by atoms with E-state index in [9.17, 15) is 9.59 Å². The summed E-state index contributed by atoms with van der Waals surface area (Å²) in [6.07, 6.45) is 5.70. The van der Waals surface area contributed by atoms with Gasteiger partial charge in [0.15, 0.2) is 0 Å². The first-order chi connectivity index (χ1) is 16.6. The minimum Gasteiger partial charge on any atom is -0.338 e. The number of anilines is 1. The smallest absolute Gasteiger partial charge is 0.233 e. The molecule has 0 bridgehead atoms. The third kappa shape index (κ3) is 7.04. The number of halogens is 1. The Labute approximate surface area is 213 Å². The van der Waals surface area contributed by atoms with Crippen LogP contribution in [0.1, 0.15) is 38.5 Å². The summed E-state index contributed by atoms with van der Waals surface area (Å²) in [7, 11) is 0. The summed E-state index contributed by atoms with van der Waals surface area (Å²) >= 11 is 8.90. The van der Waals surface area contributed by atoms with Crippen LogP contribution in [0.5, 0.6) is 0 Å². The molecule has 0 radical (unpaired) electrons. The predicted octanol–water partition coefficient (Wildman–Crippen LogP) is 6.14. The van der Waals surface area contributed by atoms with Crippen molar-refractivity contribution in [3.8, 4) is 10.6 Å². The van der Waals surface area contributed by atoms with Gasteiger partial charge in [0.05, 0.1) is 5.75 Å². The monoisotopic (exact) mass is 514 g/mol. The van der Waals surface area contributed by atoms with Crippen LogP contribution in [0, 0.1) is 0 Å². The van der Waals surface area contributed by atoms with Crippen molar-refractivity contribution in [2.75, 3.05) is 17.6 Å². The highest BCUT2D eigenvalue weighted by Gasteiger charge is 2.26. The second-order valence-electron chi connectivity index (χ2n) is 8.20. The fourth-order valence-electron chi connectivity index (χ4n) is 4.06. The van der Waals surface area contributed by atoms with Crippen LogP contribution in [0.25, 0.3) is 10.6 Å². The van der Waals surface area contributed by atoms with Crippen molar-refractivity contribution in [3.63, 3.8) is 0 Å². The number of thioether (sulfide) groups is 1. The SMILES string of the molecule is O=C(CCN(C(=O)CSc1ccccc1)C1CCCCC1)Nc1nnc(-c2cccc(Cl)c2)s1. The Kier molecular flexibility index (Phi) is 8.96. The molecule has 0 aliphatic heterocycles. The fraction of sp³-hybridized carbons (Fsp3) is 0.360. The molecule has 1 heterocycles. The number of carbonyl (C=O) groups is 2. The molecule has 1 N–H and O–H groups in total. The van der Waals surface area contributed by atoms with Gasteiger partial charge in [0.25, 0.3) is 0 Å². The normalized spacial score (nSPS) is 14.0. The Balaban J connectivity index is 1.34. The number of benzene rings is 2. The molecule has 1 aromatic heterocycles. The molecule has 4 rings (SSSR count). The molecule has 1 aliphatic carbocycles. The van der Waals surface area contributed by atoms with E-state index in [1.54, 1.807) is 17.8 Å². The van der Waals surface area contributed by atoms with Crippen molar-refractivity contribution >= 4 is 51.6 Å². The van der Waals surface area contributed by atoms with Crippen LogP contribution >= 0.6 is 34.7 Å². The van der Waals surface area contributed by atoms with Crippen LogP contribution in [0.4, 0.5) is 5.13 Å². The third-order valence-electron chi connectivity index (χ3n) is 5.76. The summed E-state index contributed by atoms with van der Waals surface area (Å²) in [5.41, 5.74) is 0.857. The van der Waals surface area contributed by atoms with Crippen molar-refractivity contribution in [2.24, 2.45) is 0 Å². The van der Waals surface area contributed by atoms with E-state index in [1.807, 2.05) is 53.4 Å². The van der Waals surface area contributed by atoms with Gasteiger partial charge in [0.1, 0.15) is 5.01 Å². The van der Waals surface area contributed by atoms with Crippen LogP contribution in [0.2, 0.25) is 5.02 Å². The molecule has 2 amide bonds. The number of hydrogen-bond donors (Lipinski definition) is 1. The van der Waals surface area contributed by atoms with Crippen LogP contribution in [-0.2, 0) is 9.59 Å². The third-order valence-corrected chi connectivity index (χ3v) is 7.88. The zero-order chi connectivity index (χ0) is 23.8. The van der Waals surface area contributed by atoms with Gasteiger partial charge in [-0.3, -0.25) is 9.59 Å². The lowest BCUT2D eigenvalue weighted by molar-refractivity contribution is -0.131. The minimum absolute atomic E-state index is 0.0905. The predicted molar refractivity (Wildman–Crippen MR) is 139 cm³/mol. The average Bonchev–Trinajstić information content (AvgIpc) is 3.32. The van der Waals surface area contributed by atoms with E-state index >= 15 is 0 Å². The highest BCUT2D eigenvalue weighted by molar-refractivity contribution is 8.00. The molecule has 34 heavy (non-hydrogen) atoms. The number of nitrogens with zero attached hydrogens (tertiary/aromatic N) is 3. The molecule has 9 heteroatoms. The van der Waals surface area contributed by atoms with Crippen molar-refractivity contribution in [1.82, 2.24) is 15.1 Å². The first-order valence-corrected chi connectivity index (χ1v) is 13.6. The Hall–Kier alpha value is -2.42. The van der Waals surface area contributed by atoms with E-state index in [1.165, 1.54) is 17.8 Å². The van der Waals surface area contributed by atoms with Crippen molar-refractivity contribution in [2.45, 2.75) is 49.5 Å². The summed E-state index contributed by atoms with van der Waals surface area (Å²) in [5.74, 6) is 0.299. The molecule has 6 nitrogen and oxygen atoms in total. The lowest BCUT2D eigenvalue weighted by Gasteiger charge is -2.34. The summed E-state index contributed by atoms with van der Waals surface area (Å²) in [6, 6.07) is 17.5. The molecule has 178 valence electrons. The van der Waals surface area contributed by atoms with Gasteiger partial charge in [0.2, 0.25) is 16.9 Å². The molecule has 2 aromatic carbocycles. The van der Waals surface area contributed by atoms with E-state index < -0.39 is 0 Å². The van der Waals surface area contributed by atoms with E-state index in [4.69, 9.17) is 11.6 Å². The number of nitrogens with one attached hydrogen (secondary N) is 1. The summed E-state index contributed by atoms with van der Waals surface area (Å²) < 4.78 is 0. The van der Waals surface area contributed by atoms with Gasteiger partial charge in [-0.2, -0.15) is 0 Å². The van der Waals surface area contributed by atoms with E-state index in [0.717, 1.165) is 36.1 Å².